The van der Waals surface area contributed by atoms with Crippen LogP contribution in [-0.4, -0.2) is 9.86 Å². The van der Waals surface area contributed by atoms with Gasteiger partial charge in [0, 0.05) is 11.7 Å². The average molecular weight is 210 g/mol. The van der Waals surface area contributed by atoms with Gasteiger partial charge in [-0.3, -0.25) is 4.79 Å². The van der Waals surface area contributed by atoms with Crippen molar-refractivity contribution in [1.29, 1.82) is 0 Å². The number of rotatable bonds is 1. The molecule has 4 aliphatic rings. The Balaban J connectivity index is 1.83. The Morgan fingerprint density at radius 1 is 1.07 bits per heavy atom. The van der Waals surface area contributed by atoms with Gasteiger partial charge in [-0.05, 0) is 56.3 Å². The van der Waals surface area contributed by atoms with Crippen LogP contribution in [0.1, 0.15) is 45.4 Å². The molecule has 4 saturated carbocycles. The molecule has 0 saturated heterocycles. The molecule has 0 atom stereocenters. The SMILES string of the molecule is CC(=O)SC12CC3CC(CC(C3)C1)C2. The normalized spacial score (nSPS) is 49.6. The molecule has 4 aliphatic carbocycles. The molecule has 0 unspecified atom stereocenters. The molecule has 4 rings (SSSR count). The van der Waals surface area contributed by atoms with Crippen LogP contribution in [0, 0.1) is 17.8 Å². The van der Waals surface area contributed by atoms with Crippen molar-refractivity contribution in [2.75, 3.05) is 0 Å². The van der Waals surface area contributed by atoms with E-state index in [2.05, 4.69) is 0 Å². The number of hydrogen-bond donors (Lipinski definition) is 0. The van der Waals surface area contributed by atoms with Crippen LogP contribution in [0.5, 0.6) is 0 Å². The highest BCUT2D eigenvalue weighted by Gasteiger charge is 2.51. The molecule has 0 heterocycles. The fourth-order valence-corrected chi connectivity index (χ4v) is 6.03. The first kappa shape index (κ1) is 9.26. The van der Waals surface area contributed by atoms with Gasteiger partial charge in [0.2, 0.25) is 0 Å². The number of carbonyl (C=O) groups is 1. The van der Waals surface area contributed by atoms with E-state index in [0.29, 0.717) is 9.86 Å². The molecule has 0 radical (unpaired) electrons. The van der Waals surface area contributed by atoms with Crippen molar-refractivity contribution in [3.63, 3.8) is 0 Å². The molecule has 0 aromatic heterocycles. The summed E-state index contributed by atoms with van der Waals surface area (Å²) in [5.41, 5.74) is 0. The fraction of sp³-hybridized carbons (Fsp3) is 0.917. The molecule has 0 aliphatic heterocycles. The van der Waals surface area contributed by atoms with Gasteiger partial charge < -0.3 is 0 Å². The molecule has 14 heavy (non-hydrogen) atoms. The molecule has 0 N–H and O–H groups in total. The molecule has 2 heteroatoms. The second kappa shape index (κ2) is 3.01. The predicted octanol–water partition coefficient (Wildman–Crippen LogP) is 3.23. The van der Waals surface area contributed by atoms with Crippen LogP contribution in [0.2, 0.25) is 0 Å². The van der Waals surface area contributed by atoms with E-state index in [1.54, 1.807) is 18.7 Å². The van der Waals surface area contributed by atoms with Crippen LogP contribution in [0.4, 0.5) is 0 Å². The monoisotopic (exact) mass is 210 g/mol. The van der Waals surface area contributed by atoms with Crippen molar-refractivity contribution >= 4 is 16.9 Å². The zero-order valence-electron chi connectivity index (χ0n) is 8.79. The van der Waals surface area contributed by atoms with Crippen LogP contribution in [0.3, 0.4) is 0 Å². The van der Waals surface area contributed by atoms with Gasteiger partial charge in [-0.25, -0.2) is 0 Å². The van der Waals surface area contributed by atoms with E-state index in [-0.39, 0.29) is 0 Å². The second-order valence-electron chi connectivity index (χ2n) is 5.69. The Bertz CT molecular complexity index is 236. The van der Waals surface area contributed by atoms with Crippen molar-refractivity contribution in [3.8, 4) is 0 Å². The van der Waals surface area contributed by atoms with E-state index in [0.717, 1.165) is 17.8 Å². The van der Waals surface area contributed by atoms with Gasteiger partial charge >= 0.3 is 0 Å². The van der Waals surface area contributed by atoms with E-state index >= 15 is 0 Å². The Kier molecular flexibility index (Phi) is 1.99. The van der Waals surface area contributed by atoms with Gasteiger partial charge in [-0.15, -0.1) is 0 Å². The van der Waals surface area contributed by atoms with Gasteiger partial charge in [0.15, 0.2) is 5.12 Å². The van der Waals surface area contributed by atoms with Crippen LogP contribution in [0.15, 0.2) is 0 Å². The Labute approximate surface area is 90.0 Å². The summed E-state index contributed by atoms with van der Waals surface area (Å²) in [6, 6.07) is 0. The third-order valence-electron chi connectivity index (χ3n) is 4.34. The molecule has 0 aromatic carbocycles. The van der Waals surface area contributed by atoms with Gasteiger partial charge in [-0.2, -0.15) is 0 Å². The lowest BCUT2D eigenvalue weighted by Crippen LogP contribution is -2.48. The van der Waals surface area contributed by atoms with Crippen molar-refractivity contribution in [2.24, 2.45) is 17.8 Å². The Morgan fingerprint density at radius 2 is 1.50 bits per heavy atom. The van der Waals surface area contributed by atoms with Gasteiger partial charge in [-0.1, -0.05) is 11.8 Å². The number of thioether (sulfide) groups is 1. The minimum Gasteiger partial charge on any atom is -0.288 e. The van der Waals surface area contributed by atoms with E-state index < -0.39 is 0 Å². The van der Waals surface area contributed by atoms with E-state index in [1.165, 1.54) is 38.5 Å². The summed E-state index contributed by atoms with van der Waals surface area (Å²) < 4.78 is 0.389. The minimum absolute atomic E-state index is 0.340. The van der Waals surface area contributed by atoms with Crippen LogP contribution in [0.25, 0.3) is 0 Å². The van der Waals surface area contributed by atoms with Gasteiger partial charge in [0.1, 0.15) is 0 Å². The Hall–Kier alpha value is 0.0200. The highest BCUT2D eigenvalue weighted by Crippen LogP contribution is 2.60. The maximum absolute atomic E-state index is 11.3. The molecular weight excluding hydrogens is 192 g/mol. The molecule has 0 amide bonds. The third kappa shape index (κ3) is 1.42. The zero-order valence-corrected chi connectivity index (χ0v) is 9.61. The zero-order chi connectivity index (χ0) is 9.76. The van der Waals surface area contributed by atoms with E-state index in [4.69, 9.17) is 0 Å². The topological polar surface area (TPSA) is 17.1 Å². The molecular formula is C12H18OS. The summed E-state index contributed by atoms with van der Waals surface area (Å²) in [6.07, 6.45) is 8.42. The van der Waals surface area contributed by atoms with Crippen molar-refractivity contribution in [1.82, 2.24) is 0 Å². The lowest BCUT2D eigenvalue weighted by molar-refractivity contribution is -0.109. The van der Waals surface area contributed by atoms with E-state index in [1.807, 2.05) is 0 Å². The summed E-state index contributed by atoms with van der Waals surface area (Å²) in [5, 5.41) is 0.340. The summed E-state index contributed by atoms with van der Waals surface area (Å²) in [6.45, 7) is 1.74. The van der Waals surface area contributed by atoms with Crippen molar-refractivity contribution in [2.45, 2.75) is 50.2 Å². The smallest absolute Gasteiger partial charge is 0.186 e. The molecule has 1 nitrogen and oxygen atoms in total. The van der Waals surface area contributed by atoms with Gasteiger partial charge in [0.05, 0.1) is 0 Å². The van der Waals surface area contributed by atoms with E-state index in [9.17, 15) is 4.79 Å². The maximum atomic E-state index is 11.3. The molecule has 0 aromatic rings. The molecule has 4 fully saturated rings. The first-order valence-corrected chi connectivity index (χ1v) is 6.66. The summed E-state index contributed by atoms with van der Waals surface area (Å²) in [7, 11) is 0. The Morgan fingerprint density at radius 3 is 1.86 bits per heavy atom. The first-order valence-electron chi connectivity index (χ1n) is 5.85. The third-order valence-corrected chi connectivity index (χ3v) is 5.56. The van der Waals surface area contributed by atoms with Crippen molar-refractivity contribution in [3.05, 3.63) is 0 Å². The number of carbonyl (C=O) groups excluding carboxylic acids is 1. The fourth-order valence-electron chi connectivity index (χ4n) is 4.46. The average Bonchev–Trinajstić information content (AvgIpc) is 1.96. The lowest BCUT2D eigenvalue weighted by Gasteiger charge is -2.56. The van der Waals surface area contributed by atoms with Crippen LogP contribution in [-0.2, 0) is 4.79 Å². The minimum atomic E-state index is 0.340. The van der Waals surface area contributed by atoms with Crippen LogP contribution < -0.4 is 0 Å². The second-order valence-corrected chi connectivity index (χ2v) is 7.34. The first-order chi connectivity index (χ1) is 6.65. The number of hydrogen-bond acceptors (Lipinski definition) is 2. The summed E-state index contributed by atoms with van der Waals surface area (Å²) in [4.78, 5) is 11.3. The molecule has 0 spiro atoms. The summed E-state index contributed by atoms with van der Waals surface area (Å²) >= 11 is 1.67. The van der Waals surface area contributed by atoms with Gasteiger partial charge in [0.25, 0.3) is 0 Å². The predicted molar refractivity (Wildman–Crippen MR) is 59.2 cm³/mol. The summed E-state index contributed by atoms with van der Waals surface area (Å²) in [5.74, 6) is 2.90. The largest absolute Gasteiger partial charge is 0.288 e. The van der Waals surface area contributed by atoms with Crippen LogP contribution >= 0.6 is 11.8 Å². The highest BCUT2D eigenvalue weighted by atomic mass is 32.2. The standard InChI is InChI=1S/C12H18OS/c1-8(13)14-12-5-9-2-10(6-12)4-11(3-9)7-12/h9-11H,2-7H2,1H3. The highest BCUT2D eigenvalue weighted by molar-refractivity contribution is 8.14. The quantitative estimate of drug-likeness (QED) is 0.661. The molecule has 4 bridgehead atoms. The van der Waals surface area contributed by atoms with Crippen molar-refractivity contribution < 1.29 is 4.79 Å². The molecule has 78 valence electrons. The maximum Gasteiger partial charge on any atom is 0.186 e. The lowest BCUT2D eigenvalue weighted by atomic mass is 9.56.